The zero-order valence-corrected chi connectivity index (χ0v) is 11.2. The van der Waals surface area contributed by atoms with Gasteiger partial charge in [-0.3, -0.25) is 0 Å². The van der Waals surface area contributed by atoms with E-state index in [4.69, 9.17) is 9.47 Å². The largest absolute Gasteiger partial charge is 0.381 e. The normalized spacial score (nSPS) is 30.2. The second-order valence-electron chi connectivity index (χ2n) is 5.37. The van der Waals surface area contributed by atoms with Crippen LogP contribution in [0.3, 0.4) is 0 Å². The maximum Gasteiger partial charge on any atom is 0.0617 e. The van der Waals surface area contributed by atoms with Gasteiger partial charge in [0.25, 0.3) is 0 Å². The highest BCUT2D eigenvalue weighted by atomic mass is 16.5. The van der Waals surface area contributed by atoms with Crippen LogP contribution in [0.2, 0.25) is 0 Å². The lowest BCUT2D eigenvalue weighted by Gasteiger charge is -2.32. The van der Waals surface area contributed by atoms with Crippen molar-refractivity contribution in [1.82, 2.24) is 5.32 Å². The van der Waals surface area contributed by atoms with Crippen molar-refractivity contribution in [2.75, 3.05) is 33.4 Å². The Balaban J connectivity index is 2.34. The smallest absolute Gasteiger partial charge is 0.0617 e. The maximum atomic E-state index is 5.70. The van der Waals surface area contributed by atoms with E-state index in [1.165, 1.54) is 0 Å². The van der Waals surface area contributed by atoms with Gasteiger partial charge in [-0.15, -0.1) is 0 Å². The fourth-order valence-electron chi connectivity index (χ4n) is 2.41. The standard InChI is InChI=1S/C13H27NO2/c1-11(2)9-15-7-5-13(10-14-4)6-8-16-12(13)3/h11-12,14H,5-10H2,1-4H3. The van der Waals surface area contributed by atoms with E-state index >= 15 is 0 Å². The van der Waals surface area contributed by atoms with E-state index in [1.807, 2.05) is 7.05 Å². The van der Waals surface area contributed by atoms with Gasteiger partial charge in [-0.25, -0.2) is 0 Å². The second-order valence-corrected chi connectivity index (χ2v) is 5.37. The number of hydrogen-bond acceptors (Lipinski definition) is 3. The van der Waals surface area contributed by atoms with Gasteiger partial charge in [0.15, 0.2) is 0 Å². The molecule has 96 valence electrons. The van der Waals surface area contributed by atoms with Crippen LogP contribution in [0.25, 0.3) is 0 Å². The van der Waals surface area contributed by atoms with Crippen LogP contribution in [0, 0.1) is 11.3 Å². The van der Waals surface area contributed by atoms with Crippen LogP contribution in [0.1, 0.15) is 33.6 Å². The molecule has 0 aromatic rings. The Labute approximate surface area is 99.9 Å². The van der Waals surface area contributed by atoms with Gasteiger partial charge >= 0.3 is 0 Å². The molecule has 16 heavy (non-hydrogen) atoms. The van der Waals surface area contributed by atoms with E-state index in [1.54, 1.807) is 0 Å². The van der Waals surface area contributed by atoms with Crippen LogP contribution in [0.5, 0.6) is 0 Å². The van der Waals surface area contributed by atoms with Crippen molar-refractivity contribution in [3.8, 4) is 0 Å². The molecule has 0 aliphatic carbocycles. The van der Waals surface area contributed by atoms with Gasteiger partial charge in [0.2, 0.25) is 0 Å². The summed E-state index contributed by atoms with van der Waals surface area (Å²) in [5.74, 6) is 0.623. The summed E-state index contributed by atoms with van der Waals surface area (Å²) in [6, 6.07) is 0. The molecule has 1 aliphatic rings. The number of hydrogen-bond donors (Lipinski definition) is 1. The maximum absolute atomic E-state index is 5.70. The lowest BCUT2D eigenvalue weighted by atomic mass is 9.78. The molecule has 2 unspecified atom stereocenters. The average Bonchev–Trinajstić information content (AvgIpc) is 2.56. The third kappa shape index (κ3) is 3.72. The van der Waals surface area contributed by atoms with Crippen LogP contribution in [0.4, 0.5) is 0 Å². The molecule has 0 radical (unpaired) electrons. The molecule has 0 bridgehead atoms. The Kier molecular flexibility index (Phi) is 5.73. The summed E-state index contributed by atoms with van der Waals surface area (Å²) in [6.07, 6.45) is 2.60. The topological polar surface area (TPSA) is 30.5 Å². The van der Waals surface area contributed by atoms with E-state index in [9.17, 15) is 0 Å². The Morgan fingerprint density at radius 2 is 2.25 bits per heavy atom. The van der Waals surface area contributed by atoms with Gasteiger partial charge in [-0.05, 0) is 32.7 Å². The minimum absolute atomic E-state index is 0.283. The minimum atomic E-state index is 0.283. The SMILES string of the molecule is CNCC1(CCOCC(C)C)CCOC1C. The average molecular weight is 229 g/mol. The van der Waals surface area contributed by atoms with E-state index in [0.29, 0.717) is 12.0 Å². The first-order valence-corrected chi connectivity index (χ1v) is 6.44. The molecule has 0 aromatic carbocycles. The fraction of sp³-hybridized carbons (Fsp3) is 1.00. The van der Waals surface area contributed by atoms with Crippen molar-refractivity contribution < 1.29 is 9.47 Å². The predicted octanol–water partition coefficient (Wildman–Crippen LogP) is 2.06. The molecule has 2 atom stereocenters. The molecule has 0 spiro atoms. The van der Waals surface area contributed by atoms with Gasteiger partial charge in [-0.1, -0.05) is 13.8 Å². The number of nitrogens with one attached hydrogen (secondary N) is 1. The molecule has 1 fully saturated rings. The van der Waals surface area contributed by atoms with Gasteiger partial charge < -0.3 is 14.8 Å². The lowest BCUT2D eigenvalue weighted by molar-refractivity contribution is 0.0290. The molecule has 3 heteroatoms. The molecule has 0 amide bonds. The van der Waals surface area contributed by atoms with Crippen molar-refractivity contribution in [1.29, 1.82) is 0 Å². The number of rotatable bonds is 7. The highest BCUT2D eigenvalue weighted by Crippen LogP contribution is 2.37. The molecule has 1 N–H and O–H groups in total. The third-order valence-corrected chi connectivity index (χ3v) is 3.55. The van der Waals surface area contributed by atoms with Crippen molar-refractivity contribution in [2.45, 2.75) is 39.7 Å². The lowest BCUT2D eigenvalue weighted by Crippen LogP contribution is -2.39. The van der Waals surface area contributed by atoms with Crippen molar-refractivity contribution in [3.05, 3.63) is 0 Å². The van der Waals surface area contributed by atoms with Crippen LogP contribution in [-0.2, 0) is 9.47 Å². The van der Waals surface area contributed by atoms with Gasteiger partial charge in [0.1, 0.15) is 0 Å². The van der Waals surface area contributed by atoms with Gasteiger partial charge in [-0.2, -0.15) is 0 Å². The molecular weight excluding hydrogens is 202 g/mol. The summed E-state index contributed by atoms with van der Waals surface area (Å²) in [6.45, 7) is 10.2. The molecule has 1 rings (SSSR count). The molecule has 1 heterocycles. The summed E-state index contributed by atoms with van der Waals surface area (Å²) in [5.41, 5.74) is 0.283. The molecular formula is C13H27NO2. The molecule has 3 nitrogen and oxygen atoms in total. The highest BCUT2D eigenvalue weighted by molar-refractivity contribution is 4.90. The summed E-state index contributed by atoms with van der Waals surface area (Å²) < 4.78 is 11.4. The first-order valence-electron chi connectivity index (χ1n) is 6.44. The molecule has 0 aromatic heterocycles. The van der Waals surface area contributed by atoms with Crippen molar-refractivity contribution in [3.63, 3.8) is 0 Å². The Morgan fingerprint density at radius 3 is 2.75 bits per heavy atom. The summed E-state index contributed by atoms with van der Waals surface area (Å²) >= 11 is 0. The van der Waals surface area contributed by atoms with Gasteiger partial charge in [0.05, 0.1) is 6.10 Å². The third-order valence-electron chi connectivity index (χ3n) is 3.55. The minimum Gasteiger partial charge on any atom is -0.381 e. The molecule has 1 aliphatic heterocycles. The van der Waals surface area contributed by atoms with Crippen LogP contribution >= 0.6 is 0 Å². The van der Waals surface area contributed by atoms with Gasteiger partial charge in [0, 0.05) is 31.8 Å². The van der Waals surface area contributed by atoms with Crippen molar-refractivity contribution in [2.24, 2.45) is 11.3 Å². The van der Waals surface area contributed by atoms with Crippen molar-refractivity contribution >= 4 is 0 Å². The Hall–Kier alpha value is -0.120. The van der Waals surface area contributed by atoms with Crippen LogP contribution in [0.15, 0.2) is 0 Å². The second kappa shape index (κ2) is 6.58. The monoisotopic (exact) mass is 229 g/mol. The quantitative estimate of drug-likeness (QED) is 0.678. The fourth-order valence-corrected chi connectivity index (χ4v) is 2.41. The summed E-state index contributed by atoms with van der Waals surface area (Å²) in [4.78, 5) is 0. The summed E-state index contributed by atoms with van der Waals surface area (Å²) in [5, 5.41) is 3.30. The highest BCUT2D eigenvalue weighted by Gasteiger charge is 2.40. The van der Waals surface area contributed by atoms with E-state index in [0.717, 1.165) is 39.2 Å². The van der Waals surface area contributed by atoms with Crippen LogP contribution < -0.4 is 5.32 Å². The number of ether oxygens (including phenoxy) is 2. The Bertz CT molecular complexity index is 196. The first-order chi connectivity index (χ1) is 7.60. The van der Waals surface area contributed by atoms with E-state index < -0.39 is 0 Å². The first kappa shape index (κ1) is 13.9. The van der Waals surface area contributed by atoms with Crippen LogP contribution in [-0.4, -0.2) is 39.5 Å². The van der Waals surface area contributed by atoms with E-state index in [-0.39, 0.29) is 5.41 Å². The van der Waals surface area contributed by atoms with E-state index in [2.05, 4.69) is 26.1 Å². The predicted molar refractivity (Wildman–Crippen MR) is 66.7 cm³/mol. The molecule has 1 saturated heterocycles. The summed E-state index contributed by atoms with van der Waals surface area (Å²) in [7, 11) is 2.02. The molecule has 0 saturated carbocycles. The zero-order chi connectivity index (χ0) is 12.0. The Morgan fingerprint density at radius 1 is 1.50 bits per heavy atom. The zero-order valence-electron chi connectivity index (χ0n) is 11.2.